The standard InChI is InChI=1S/C20H15F2N3O3S/c21-19(22)28-14-3-1-2-13(9-14)18(27)25-20-24-16(10-29-20)12-4-6-15-11(8-12)5-7-17(26)23-15/h1-4,6,8-10,19H,5,7H2,(H,23,26)(H,24,25,27). The van der Waals surface area contributed by atoms with Gasteiger partial charge in [0, 0.05) is 28.6 Å². The van der Waals surface area contributed by atoms with Crippen molar-refractivity contribution in [1.29, 1.82) is 0 Å². The van der Waals surface area contributed by atoms with Crippen LogP contribution in [0.3, 0.4) is 0 Å². The maximum atomic E-state index is 12.4. The first-order chi connectivity index (χ1) is 14.0. The number of carbonyl (C=O) groups is 2. The van der Waals surface area contributed by atoms with Crippen LogP contribution in [0, 0.1) is 0 Å². The van der Waals surface area contributed by atoms with E-state index < -0.39 is 12.5 Å². The number of hydrogen-bond donors (Lipinski definition) is 2. The summed E-state index contributed by atoms with van der Waals surface area (Å²) in [6, 6.07) is 11.2. The molecule has 148 valence electrons. The fourth-order valence-electron chi connectivity index (χ4n) is 2.99. The van der Waals surface area contributed by atoms with Gasteiger partial charge in [0.05, 0.1) is 5.69 Å². The molecule has 2 N–H and O–H groups in total. The number of aryl methyl sites for hydroxylation is 1. The number of carbonyl (C=O) groups excluding carboxylic acids is 2. The van der Waals surface area contributed by atoms with E-state index in [0.717, 1.165) is 16.8 Å². The van der Waals surface area contributed by atoms with Gasteiger partial charge >= 0.3 is 6.61 Å². The lowest BCUT2D eigenvalue weighted by Gasteiger charge is -2.17. The molecule has 2 aromatic carbocycles. The predicted molar refractivity (Wildman–Crippen MR) is 106 cm³/mol. The van der Waals surface area contributed by atoms with Crippen LogP contribution in [0.1, 0.15) is 22.3 Å². The zero-order chi connectivity index (χ0) is 20.4. The maximum Gasteiger partial charge on any atom is 0.387 e. The summed E-state index contributed by atoms with van der Waals surface area (Å²) in [5.74, 6) is -0.556. The number of anilines is 2. The molecule has 9 heteroatoms. The second-order valence-electron chi connectivity index (χ2n) is 6.32. The highest BCUT2D eigenvalue weighted by molar-refractivity contribution is 7.14. The zero-order valence-electron chi connectivity index (χ0n) is 14.9. The number of hydrogen-bond acceptors (Lipinski definition) is 5. The number of rotatable bonds is 5. The van der Waals surface area contributed by atoms with E-state index in [2.05, 4.69) is 20.4 Å². The van der Waals surface area contributed by atoms with Crippen molar-refractivity contribution in [3.8, 4) is 17.0 Å². The molecule has 0 radical (unpaired) electrons. The number of fused-ring (bicyclic) bond motifs is 1. The second kappa shape index (κ2) is 7.96. The molecule has 1 aliphatic heterocycles. The number of benzene rings is 2. The maximum absolute atomic E-state index is 12.4. The molecule has 3 aromatic rings. The molecule has 0 unspecified atom stereocenters. The van der Waals surface area contributed by atoms with Gasteiger partial charge in [-0.05, 0) is 42.3 Å². The number of alkyl halides is 2. The summed E-state index contributed by atoms with van der Waals surface area (Å²) in [7, 11) is 0. The molecule has 0 bridgehead atoms. The Morgan fingerprint density at radius 2 is 2.07 bits per heavy atom. The zero-order valence-corrected chi connectivity index (χ0v) is 15.8. The summed E-state index contributed by atoms with van der Waals surface area (Å²) in [5.41, 5.74) is 3.60. The Bertz CT molecular complexity index is 1080. The number of nitrogens with one attached hydrogen (secondary N) is 2. The number of ether oxygens (including phenoxy) is 1. The molecule has 6 nitrogen and oxygen atoms in total. The van der Waals surface area contributed by atoms with E-state index in [4.69, 9.17) is 0 Å². The van der Waals surface area contributed by atoms with Crippen LogP contribution in [0.4, 0.5) is 19.6 Å². The average Bonchev–Trinajstić information content (AvgIpc) is 3.15. The lowest BCUT2D eigenvalue weighted by atomic mass is 9.99. The summed E-state index contributed by atoms with van der Waals surface area (Å²) >= 11 is 1.26. The van der Waals surface area contributed by atoms with Gasteiger partial charge in [0.15, 0.2) is 5.13 Å². The van der Waals surface area contributed by atoms with Crippen molar-refractivity contribution in [3.05, 3.63) is 59.0 Å². The minimum Gasteiger partial charge on any atom is -0.435 e. The fraction of sp³-hybridized carbons (Fsp3) is 0.150. The molecule has 2 amide bonds. The summed E-state index contributed by atoms with van der Waals surface area (Å²) in [6.45, 7) is -2.96. The average molecular weight is 415 g/mol. The molecule has 29 heavy (non-hydrogen) atoms. The van der Waals surface area contributed by atoms with Crippen molar-refractivity contribution in [1.82, 2.24) is 4.98 Å². The van der Waals surface area contributed by atoms with Crippen LogP contribution in [-0.4, -0.2) is 23.4 Å². The normalized spacial score (nSPS) is 13.0. The molecular weight excluding hydrogens is 400 g/mol. The summed E-state index contributed by atoms with van der Waals surface area (Å²) in [6.07, 6.45) is 1.11. The van der Waals surface area contributed by atoms with Crippen LogP contribution >= 0.6 is 11.3 Å². The second-order valence-corrected chi connectivity index (χ2v) is 7.18. The van der Waals surface area contributed by atoms with Gasteiger partial charge in [-0.1, -0.05) is 12.1 Å². The van der Waals surface area contributed by atoms with Crippen LogP contribution in [0.2, 0.25) is 0 Å². The number of aromatic nitrogens is 1. The third kappa shape index (κ3) is 4.40. The SMILES string of the molecule is O=C1CCc2cc(-c3csc(NC(=O)c4cccc(OC(F)F)c4)n3)ccc2N1. The first-order valence-electron chi connectivity index (χ1n) is 8.73. The van der Waals surface area contributed by atoms with E-state index in [9.17, 15) is 18.4 Å². The van der Waals surface area contributed by atoms with Crippen LogP contribution in [0.25, 0.3) is 11.3 Å². The van der Waals surface area contributed by atoms with Crippen LogP contribution < -0.4 is 15.4 Å². The van der Waals surface area contributed by atoms with E-state index in [1.165, 1.54) is 35.6 Å². The minimum atomic E-state index is -2.96. The minimum absolute atomic E-state index is 0.00641. The van der Waals surface area contributed by atoms with Crippen molar-refractivity contribution in [2.45, 2.75) is 19.5 Å². The topological polar surface area (TPSA) is 80.3 Å². The fourth-order valence-corrected chi connectivity index (χ4v) is 3.70. The number of nitrogens with zero attached hydrogens (tertiary/aromatic N) is 1. The van der Waals surface area contributed by atoms with Gasteiger partial charge in [-0.3, -0.25) is 14.9 Å². The van der Waals surface area contributed by atoms with E-state index in [1.807, 2.05) is 23.6 Å². The molecule has 0 saturated heterocycles. The van der Waals surface area contributed by atoms with Gasteiger partial charge in [0.2, 0.25) is 5.91 Å². The van der Waals surface area contributed by atoms with E-state index in [0.29, 0.717) is 23.7 Å². The first kappa shape index (κ1) is 19.0. The van der Waals surface area contributed by atoms with Gasteiger partial charge in [0.25, 0.3) is 5.91 Å². The summed E-state index contributed by atoms with van der Waals surface area (Å²) < 4.78 is 29.0. The van der Waals surface area contributed by atoms with Gasteiger partial charge in [0.1, 0.15) is 5.75 Å². The Labute approximate surface area is 168 Å². The van der Waals surface area contributed by atoms with Crippen LogP contribution in [0.15, 0.2) is 47.8 Å². The van der Waals surface area contributed by atoms with Gasteiger partial charge in [-0.25, -0.2) is 4.98 Å². The van der Waals surface area contributed by atoms with Crippen molar-refractivity contribution >= 4 is 34.0 Å². The van der Waals surface area contributed by atoms with Crippen molar-refractivity contribution in [3.63, 3.8) is 0 Å². The molecular formula is C20H15F2N3O3S. The van der Waals surface area contributed by atoms with Crippen LogP contribution in [-0.2, 0) is 11.2 Å². The Morgan fingerprint density at radius 3 is 2.90 bits per heavy atom. The van der Waals surface area contributed by atoms with Gasteiger partial charge in [-0.2, -0.15) is 8.78 Å². The molecule has 0 aliphatic carbocycles. The Balaban J connectivity index is 1.48. The molecule has 0 spiro atoms. The lowest BCUT2D eigenvalue weighted by molar-refractivity contribution is -0.116. The largest absolute Gasteiger partial charge is 0.435 e. The first-order valence-corrected chi connectivity index (χ1v) is 9.61. The highest BCUT2D eigenvalue weighted by Crippen LogP contribution is 2.30. The molecule has 4 rings (SSSR count). The highest BCUT2D eigenvalue weighted by Gasteiger charge is 2.17. The van der Waals surface area contributed by atoms with E-state index >= 15 is 0 Å². The summed E-state index contributed by atoms with van der Waals surface area (Å²) in [5, 5.41) is 7.70. The molecule has 1 aromatic heterocycles. The predicted octanol–water partition coefficient (Wildman–Crippen LogP) is 4.55. The third-order valence-electron chi connectivity index (χ3n) is 4.34. The lowest BCUT2D eigenvalue weighted by Crippen LogP contribution is -2.18. The molecule has 2 heterocycles. The van der Waals surface area contributed by atoms with Crippen molar-refractivity contribution in [2.24, 2.45) is 0 Å². The monoisotopic (exact) mass is 415 g/mol. The Hall–Kier alpha value is -3.33. The van der Waals surface area contributed by atoms with E-state index in [-0.39, 0.29) is 17.2 Å². The summed E-state index contributed by atoms with van der Waals surface area (Å²) in [4.78, 5) is 28.3. The highest BCUT2D eigenvalue weighted by atomic mass is 32.1. The Morgan fingerprint density at radius 1 is 1.21 bits per heavy atom. The molecule has 0 saturated carbocycles. The van der Waals surface area contributed by atoms with E-state index in [1.54, 1.807) is 0 Å². The number of amides is 2. The van der Waals surface area contributed by atoms with Crippen molar-refractivity contribution < 1.29 is 23.1 Å². The van der Waals surface area contributed by atoms with Gasteiger partial charge in [-0.15, -0.1) is 11.3 Å². The number of halogens is 2. The molecule has 0 fully saturated rings. The Kier molecular flexibility index (Phi) is 5.22. The smallest absolute Gasteiger partial charge is 0.387 e. The quantitative estimate of drug-likeness (QED) is 0.641. The van der Waals surface area contributed by atoms with Crippen LogP contribution in [0.5, 0.6) is 5.75 Å². The molecule has 1 aliphatic rings. The van der Waals surface area contributed by atoms with Crippen molar-refractivity contribution in [2.75, 3.05) is 10.6 Å². The van der Waals surface area contributed by atoms with Gasteiger partial charge < -0.3 is 10.1 Å². The third-order valence-corrected chi connectivity index (χ3v) is 5.10. The number of thiazole rings is 1. The molecule has 0 atom stereocenters.